The maximum atomic E-state index is 4.87. The Balaban J connectivity index is 1.12. The highest BCUT2D eigenvalue weighted by Crippen LogP contribution is 2.42. The SMILES string of the molecule is c1ccc(-n2ccc3c(-c4cccc(-c5cccc(-n6c7ccccc7c7ccc8c9nccnc9c9ccccc9c8c76)c5)c4)ccnc32)cc1. The first-order valence-corrected chi connectivity index (χ1v) is 17.5. The minimum Gasteiger partial charge on any atom is -0.309 e. The quantitative estimate of drug-likeness (QED) is 0.176. The summed E-state index contributed by atoms with van der Waals surface area (Å²) < 4.78 is 4.59. The molecule has 4 heterocycles. The normalized spacial score (nSPS) is 11.8. The van der Waals surface area contributed by atoms with Gasteiger partial charge in [-0.15, -0.1) is 0 Å². The van der Waals surface area contributed by atoms with Gasteiger partial charge in [-0.05, 0) is 76.2 Å². The fraction of sp³-hybridized carbons (Fsp3) is 0. The van der Waals surface area contributed by atoms with Crippen LogP contribution >= 0.6 is 0 Å². The number of rotatable bonds is 4. The Bertz CT molecular complexity index is 3150. The molecule has 0 spiro atoms. The summed E-state index contributed by atoms with van der Waals surface area (Å²) >= 11 is 0. The monoisotopic (exact) mass is 663 g/mol. The van der Waals surface area contributed by atoms with Crippen molar-refractivity contribution in [2.45, 2.75) is 0 Å². The average Bonchev–Trinajstić information content (AvgIpc) is 3.81. The van der Waals surface area contributed by atoms with E-state index in [1.54, 1.807) is 12.4 Å². The number of hydrogen-bond donors (Lipinski definition) is 0. The van der Waals surface area contributed by atoms with Gasteiger partial charge in [0.05, 0.1) is 22.1 Å². The molecular formula is C47H29N5. The maximum absolute atomic E-state index is 4.87. The van der Waals surface area contributed by atoms with E-state index < -0.39 is 0 Å². The first kappa shape index (κ1) is 28.7. The van der Waals surface area contributed by atoms with Gasteiger partial charge in [-0.2, -0.15) is 0 Å². The molecule has 11 aromatic rings. The lowest BCUT2D eigenvalue weighted by molar-refractivity contribution is 1.09. The second-order valence-corrected chi connectivity index (χ2v) is 13.3. The highest BCUT2D eigenvalue weighted by molar-refractivity contribution is 6.32. The molecule has 0 unspecified atom stereocenters. The minimum atomic E-state index is 0.921. The fourth-order valence-corrected chi connectivity index (χ4v) is 8.21. The van der Waals surface area contributed by atoms with Crippen molar-refractivity contribution in [1.29, 1.82) is 0 Å². The van der Waals surface area contributed by atoms with Crippen molar-refractivity contribution in [3.8, 4) is 33.6 Å². The maximum Gasteiger partial charge on any atom is 0.145 e. The third-order valence-corrected chi connectivity index (χ3v) is 10.5. The summed E-state index contributed by atoms with van der Waals surface area (Å²) in [4.78, 5) is 14.4. The van der Waals surface area contributed by atoms with Crippen molar-refractivity contribution in [3.63, 3.8) is 0 Å². The molecule has 11 rings (SSSR count). The lowest BCUT2D eigenvalue weighted by Gasteiger charge is -2.14. The number of para-hydroxylation sites is 2. The summed E-state index contributed by atoms with van der Waals surface area (Å²) in [5.74, 6) is 0. The molecule has 0 aliphatic heterocycles. The van der Waals surface area contributed by atoms with Gasteiger partial charge in [-0.25, -0.2) is 4.98 Å². The van der Waals surface area contributed by atoms with Crippen LogP contribution in [0.25, 0.3) is 99.0 Å². The predicted molar refractivity (Wildman–Crippen MR) is 214 cm³/mol. The van der Waals surface area contributed by atoms with Gasteiger partial charge in [0, 0.05) is 68.5 Å². The third-order valence-electron chi connectivity index (χ3n) is 10.5. The number of hydrogen-bond acceptors (Lipinski definition) is 3. The van der Waals surface area contributed by atoms with E-state index in [9.17, 15) is 0 Å². The number of pyridine rings is 1. The van der Waals surface area contributed by atoms with Crippen LogP contribution in [0.3, 0.4) is 0 Å². The van der Waals surface area contributed by atoms with Crippen LogP contribution in [-0.2, 0) is 0 Å². The Morgan fingerprint density at radius 2 is 1.08 bits per heavy atom. The zero-order chi connectivity index (χ0) is 34.2. The number of fused-ring (bicyclic) bond motifs is 11. The van der Waals surface area contributed by atoms with Crippen molar-refractivity contribution in [2.24, 2.45) is 0 Å². The molecule has 0 radical (unpaired) electrons. The smallest absolute Gasteiger partial charge is 0.145 e. The summed E-state index contributed by atoms with van der Waals surface area (Å²) in [6.07, 6.45) is 7.60. The number of nitrogens with zero attached hydrogens (tertiary/aromatic N) is 5. The number of aromatic nitrogens is 5. The minimum absolute atomic E-state index is 0.921. The molecule has 0 fully saturated rings. The lowest BCUT2D eigenvalue weighted by Crippen LogP contribution is -1.96. The van der Waals surface area contributed by atoms with Crippen LogP contribution in [0.1, 0.15) is 0 Å². The number of benzene rings is 7. The molecule has 0 N–H and O–H groups in total. The van der Waals surface area contributed by atoms with Gasteiger partial charge in [0.25, 0.3) is 0 Å². The standard InChI is InChI=1S/C47H29N5/c1-2-13-33(14-3-1)51-27-23-40-35(22-24-50-47(40)51)32-12-8-10-30(28-32)31-11-9-15-34(29-31)52-42-19-7-6-16-36(42)39-20-21-41-43(46(39)52)37-17-4-5-18-38(37)44-45(41)49-26-25-48-44/h1-29H. The molecule has 7 aromatic carbocycles. The molecule has 0 amide bonds. The van der Waals surface area contributed by atoms with E-state index in [0.717, 1.165) is 66.5 Å². The summed E-state index contributed by atoms with van der Waals surface area (Å²) in [5.41, 5.74) is 12.0. The van der Waals surface area contributed by atoms with Crippen LogP contribution in [0.5, 0.6) is 0 Å². The molecule has 0 saturated heterocycles. The molecule has 4 aromatic heterocycles. The van der Waals surface area contributed by atoms with E-state index in [4.69, 9.17) is 15.0 Å². The second kappa shape index (κ2) is 11.2. The largest absolute Gasteiger partial charge is 0.309 e. The van der Waals surface area contributed by atoms with Gasteiger partial charge < -0.3 is 9.13 Å². The van der Waals surface area contributed by atoms with Crippen molar-refractivity contribution in [2.75, 3.05) is 0 Å². The van der Waals surface area contributed by atoms with Gasteiger partial charge in [0.1, 0.15) is 5.65 Å². The van der Waals surface area contributed by atoms with Crippen LogP contribution < -0.4 is 0 Å². The van der Waals surface area contributed by atoms with Crippen LogP contribution in [-0.4, -0.2) is 24.1 Å². The average molecular weight is 664 g/mol. The first-order valence-electron chi connectivity index (χ1n) is 17.5. The molecule has 0 saturated carbocycles. The first-order chi connectivity index (χ1) is 25.8. The van der Waals surface area contributed by atoms with Gasteiger partial charge >= 0.3 is 0 Å². The van der Waals surface area contributed by atoms with Crippen LogP contribution in [0, 0.1) is 0 Å². The van der Waals surface area contributed by atoms with Gasteiger partial charge in [0.2, 0.25) is 0 Å². The van der Waals surface area contributed by atoms with Crippen LogP contribution in [0.2, 0.25) is 0 Å². The zero-order valence-electron chi connectivity index (χ0n) is 28.0. The summed E-state index contributed by atoms with van der Waals surface area (Å²) in [7, 11) is 0. The Morgan fingerprint density at radius 3 is 1.94 bits per heavy atom. The second-order valence-electron chi connectivity index (χ2n) is 13.3. The Hall–Kier alpha value is -7.11. The third kappa shape index (κ3) is 4.20. The van der Waals surface area contributed by atoms with E-state index in [1.165, 1.54) is 32.6 Å². The highest BCUT2D eigenvalue weighted by atomic mass is 15.0. The molecule has 0 atom stereocenters. The lowest BCUT2D eigenvalue weighted by atomic mass is 9.97. The van der Waals surface area contributed by atoms with Gasteiger partial charge in [-0.1, -0.05) is 103 Å². The summed E-state index contributed by atoms with van der Waals surface area (Å²) in [6.45, 7) is 0. The van der Waals surface area contributed by atoms with E-state index in [2.05, 4.69) is 161 Å². The highest BCUT2D eigenvalue weighted by Gasteiger charge is 2.20. The molecule has 52 heavy (non-hydrogen) atoms. The molecule has 5 heteroatoms. The molecule has 0 aliphatic rings. The molecule has 0 bridgehead atoms. The summed E-state index contributed by atoms with van der Waals surface area (Å²) in [5, 5.41) is 8.14. The molecular weight excluding hydrogens is 635 g/mol. The Kier molecular flexibility index (Phi) is 6.18. The van der Waals surface area contributed by atoms with Crippen molar-refractivity contribution < 1.29 is 0 Å². The molecule has 242 valence electrons. The summed E-state index contributed by atoms with van der Waals surface area (Å²) in [6, 6.07) is 54.3. The van der Waals surface area contributed by atoms with E-state index in [0.29, 0.717) is 0 Å². The molecule has 0 aliphatic carbocycles. The van der Waals surface area contributed by atoms with Crippen LogP contribution in [0.4, 0.5) is 0 Å². The Morgan fingerprint density at radius 1 is 0.404 bits per heavy atom. The van der Waals surface area contributed by atoms with E-state index in [-0.39, 0.29) is 0 Å². The van der Waals surface area contributed by atoms with E-state index >= 15 is 0 Å². The Labute approximate surface area is 298 Å². The topological polar surface area (TPSA) is 48.5 Å². The predicted octanol–water partition coefficient (Wildman–Crippen LogP) is 11.7. The fourth-order valence-electron chi connectivity index (χ4n) is 8.21. The zero-order valence-corrected chi connectivity index (χ0v) is 28.0. The van der Waals surface area contributed by atoms with E-state index in [1.807, 2.05) is 12.3 Å². The van der Waals surface area contributed by atoms with Crippen molar-refractivity contribution in [3.05, 3.63) is 176 Å². The van der Waals surface area contributed by atoms with Crippen LogP contribution in [0.15, 0.2) is 176 Å². The van der Waals surface area contributed by atoms with Gasteiger partial charge in [0.15, 0.2) is 0 Å². The van der Waals surface area contributed by atoms with Gasteiger partial charge in [-0.3, -0.25) is 9.97 Å². The van der Waals surface area contributed by atoms with Crippen molar-refractivity contribution in [1.82, 2.24) is 24.1 Å². The molecule has 5 nitrogen and oxygen atoms in total. The van der Waals surface area contributed by atoms with Crippen molar-refractivity contribution >= 4 is 65.4 Å².